The fourth-order valence-electron chi connectivity index (χ4n) is 10.6. The van der Waals surface area contributed by atoms with Gasteiger partial charge in [0.2, 0.25) is 5.95 Å². The predicted molar refractivity (Wildman–Crippen MR) is 624 cm³/mol. The second kappa shape index (κ2) is 72.3. The smallest absolute Gasteiger partial charge is 0.410 e. The fourth-order valence-corrected chi connectivity index (χ4v) is 121. The number of anilines is 2. The number of fused-ring (bicyclic) bond motifs is 6. The van der Waals surface area contributed by atoms with Crippen LogP contribution < -0.4 is 20.4 Å². The van der Waals surface area contributed by atoms with Crippen molar-refractivity contribution in [3.63, 3.8) is 0 Å². The summed E-state index contributed by atoms with van der Waals surface area (Å²) in [7, 11) is 73.4. The maximum absolute atomic E-state index is 12.3. The van der Waals surface area contributed by atoms with Crippen LogP contribution in [-0.4, -0.2) is 139 Å². The van der Waals surface area contributed by atoms with Crippen molar-refractivity contribution < 1.29 is 18.7 Å². The second-order valence-electron chi connectivity index (χ2n) is 23.9. The molecule has 0 saturated carbocycles. The maximum Gasteiger partial charge on any atom is 0.410 e. The number of rotatable bonds is 3. The minimum absolute atomic E-state index is 0. The van der Waals surface area contributed by atoms with Crippen molar-refractivity contribution >= 4 is 445 Å². The Bertz CT molecular complexity index is 5800. The van der Waals surface area contributed by atoms with Crippen LogP contribution in [0.15, 0.2) is 36.8 Å². The summed E-state index contributed by atoms with van der Waals surface area (Å²) in [6.45, 7) is 26.5. The van der Waals surface area contributed by atoms with E-state index in [4.69, 9.17) is 49.9 Å². The van der Waals surface area contributed by atoms with Gasteiger partial charge in [-0.15, -0.1) is 24.4 Å². The van der Waals surface area contributed by atoms with Crippen LogP contribution in [0.3, 0.4) is 0 Å². The van der Waals surface area contributed by atoms with Gasteiger partial charge in [-0.25, -0.2) is 19.7 Å². The summed E-state index contributed by atoms with van der Waals surface area (Å²) in [5, 5.41) is 7.49. The first-order valence-electron chi connectivity index (χ1n) is 31.0. The zero-order valence-corrected chi connectivity index (χ0v) is 97.5. The summed E-state index contributed by atoms with van der Waals surface area (Å²) in [6, 6.07) is 9.73. The molecule has 0 radical (unpaired) electrons. The molecule has 6 unspecified atom stereocenters. The van der Waals surface area contributed by atoms with Crippen LogP contribution >= 0.6 is 24.0 Å². The Morgan fingerprint density at radius 1 is 0.530 bits per heavy atom. The second-order valence-corrected chi connectivity index (χ2v) is 103. The van der Waals surface area contributed by atoms with Crippen LogP contribution in [0.4, 0.5) is 20.7 Å². The van der Waals surface area contributed by atoms with E-state index in [0.29, 0.717) is 52.9 Å². The number of aromatic nitrogens is 3. The van der Waals surface area contributed by atoms with Crippen LogP contribution in [0, 0.1) is 50.5 Å². The molecule has 60 heteroatoms. The number of terminal acetylenes is 1. The summed E-state index contributed by atoms with van der Waals surface area (Å²) in [5.41, 5.74) is 9.02. The van der Waals surface area contributed by atoms with E-state index in [1.165, 1.54) is 72.5 Å². The van der Waals surface area contributed by atoms with Crippen molar-refractivity contribution in [3.05, 3.63) is 75.7 Å². The topological polar surface area (TPSA) is 111 Å². The largest absolute Gasteiger partial charge is 0.444 e. The lowest BCUT2D eigenvalue weighted by Crippen LogP contribution is -2.62. The molecule has 0 spiro atoms. The predicted octanol–water partition coefficient (Wildman–Crippen LogP) is 10.4. The lowest BCUT2D eigenvalue weighted by Gasteiger charge is -2.48. The number of hydrogen-bond acceptors (Lipinski definition) is 13. The Morgan fingerprint density at radius 2 is 0.922 bits per heavy atom. The van der Waals surface area contributed by atoms with E-state index >= 15 is 0 Å². The number of amides is 1. The lowest BCUT2D eigenvalue weighted by molar-refractivity contribution is -0.0850. The third-order valence-corrected chi connectivity index (χ3v) is 107. The molecule has 3 aromatic heterocycles. The molecular formula is C55H88Cl2FN9O3S44Si. The van der Waals surface area contributed by atoms with Gasteiger partial charge in [0.1, 0.15) is 25.2 Å². The first kappa shape index (κ1) is 119. The number of piperazine rings is 3. The quantitative estimate of drug-likeness (QED) is 0.148. The summed E-state index contributed by atoms with van der Waals surface area (Å²) < 4.78 is 23.1. The van der Waals surface area contributed by atoms with Gasteiger partial charge in [0.05, 0.1) is 36.2 Å². The molecule has 2 N–H and O–H groups in total. The minimum Gasteiger partial charge on any atom is -0.444 e. The van der Waals surface area contributed by atoms with Gasteiger partial charge in [-0.3, -0.25) is 9.80 Å². The van der Waals surface area contributed by atoms with E-state index in [2.05, 4.69) is 103 Å². The Morgan fingerprint density at radius 3 is 1.24 bits per heavy atom. The molecule has 7 saturated heterocycles. The SMILES string of the molecule is C.C.C.C.C#Cc1cnc(N2CC3CCC(C2)N3C2COC2)c(C)c1.CC(C)(C)OC(=O)N1C2CCC1CNC2.Cc1cc(C#C[Si](C)(C)C)ncc1N1CC2CCC(C1)N2.Cc1cc(Cl)cnc1F.Cl.S=S=S=S=S=S=S=S=S=S=S=S=S=S=S=S=S=S=S=S=S=S=S=S=S=S=S=S=S=S=S=S=S=S=S=S=S=S=S=S=S=S=S=S. The van der Waals surface area contributed by atoms with E-state index in [1.54, 1.807) is 113 Å². The van der Waals surface area contributed by atoms with Crippen molar-refractivity contribution in [2.75, 3.05) is 62.3 Å². The highest BCUT2D eigenvalue weighted by atomic mass is 35.5. The van der Waals surface area contributed by atoms with Crippen LogP contribution in [0.25, 0.3) is 0 Å². The van der Waals surface area contributed by atoms with E-state index in [1.807, 2.05) is 287 Å². The standard InChI is InChI=1S/C17H21N3O.C17H25N3Si.C11H20N2O2.C6H5ClFN.4CH4.ClH.S44/c1-3-13-6-12(2)17(18-7-13)19-8-14-4-5-15(9-19)20(14)16-10-21-11-16;1-13-9-14(7-8-21(2,3)4)18-10-17(13)20-11-15-5-6-16(12-20)19-15;1-11(2,3)15-10(14)13-8-4-5-9(13)7-12-6-8;1-4-2-5(7)3-9-6(4)8;;;;;;1-3-5-7-9-11-13-15-17-19-21-23-25-27-29-31-33-35-37-39-41-43-44-42-40-38-36-34-32-30-28-26-24-22-20-18-16-14-12-10-8-6-4-2/h1,6-7,14-16H,4-5,8-11H2,2H3;9-10,15-16,19H,5-6,11-12H2,1-4H3;8-9,12H,4-7H2,1-3H3;2-3H,1H3;4*1H4;1H;. The Kier molecular flexibility index (Phi) is 74.6. The lowest BCUT2D eigenvalue weighted by atomic mass is 10.1. The van der Waals surface area contributed by atoms with E-state index < -0.39 is 14.0 Å². The van der Waals surface area contributed by atoms with Crippen molar-refractivity contribution in [2.45, 2.75) is 177 Å². The first-order chi connectivity index (χ1) is 53.2. The Hall–Kier alpha value is 5.69. The summed E-state index contributed by atoms with van der Waals surface area (Å²) in [4.78, 5) is 34.1. The number of aryl methyl sites for hydroxylation is 3. The van der Waals surface area contributed by atoms with Gasteiger partial charge in [-0.1, -0.05) is 72.8 Å². The molecule has 7 aliphatic rings. The number of carbonyl (C=O) groups excluding carboxylic acids is 1. The number of nitrogens with one attached hydrogen (secondary N) is 2. The Balaban J connectivity index is 0.000000777. The zero-order valence-electron chi connectivity index (χ0n) is 59.0. The number of carbonyl (C=O) groups is 1. The molecule has 0 aromatic carbocycles. The molecule has 3 aromatic rings. The van der Waals surface area contributed by atoms with Crippen molar-refractivity contribution in [2.24, 2.45) is 0 Å². The third-order valence-electron chi connectivity index (χ3n) is 14.4. The molecule has 10 heterocycles. The first-order valence-corrected chi connectivity index (χ1v) is 92.3. The summed E-state index contributed by atoms with van der Waals surface area (Å²) in [5.74, 6) is 6.57. The van der Waals surface area contributed by atoms with E-state index in [0.717, 1.165) is 82.4 Å². The van der Waals surface area contributed by atoms with Gasteiger partial charge >= 0.3 is 6.09 Å². The normalized spacial score (nSPS) is 17.5. The monoisotopic (exact) mass is 2450 g/mol. The molecule has 0 aliphatic carbocycles. The van der Waals surface area contributed by atoms with E-state index in [-0.39, 0.29) is 53.8 Å². The molecule has 7 aliphatic heterocycles. The van der Waals surface area contributed by atoms with Gasteiger partial charge in [0.15, 0.2) is 0 Å². The molecule has 6 atom stereocenters. The fraction of sp³-hybridized carbons (Fsp3) is 0.636. The summed E-state index contributed by atoms with van der Waals surface area (Å²) >= 11 is 15.1. The molecule has 6 bridgehead atoms. The number of halogens is 3. The van der Waals surface area contributed by atoms with Gasteiger partial charge in [0, 0.05) is 494 Å². The molecule has 660 valence electrons. The molecule has 7 fully saturated rings. The van der Waals surface area contributed by atoms with E-state index in [9.17, 15) is 9.18 Å². The number of hydrogen-bond donors (Lipinski definition) is 2. The highest BCUT2D eigenvalue weighted by molar-refractivity contribution is 8.81. The van der Waals surface area contributed by atoms with Gasteiger partial charge < -0.3 is 29.9 Å². The molecule has 115 heavy (non-hydrogen) atoms. The maximum atomic E-state index is 12.3. The molecule has 10 rings (SSSR count). The van der Waals surface area contributed by atoms with Gasteiger partial charge in [-0.2, -0.15) is 4.39 Å². The highest BCUT2D eigenvalue weighted by Crippen LogP contribution is 2.36. The average molecular weight is 2450 g/mol. The van der Waals surface area contributed by atoms with Crippen molar-refractivity contribution in [1.29, 1.82) is 0 Å². The highest BCUT2D eigenvalue weighted by Gasteiger charge is 2.46. The molecule has 1 amide bonds. The van der Waals surface area contributed by atoms with Crippen LogP contribution in [-0.2, 0) is 405 Å². The molecule has 12 nitrogen and oxygen atoms in total. The Labute approximate surface area is 822 Å². The van der Waals surface area contributed by atoms with Gasteiger partial charge in [-0.05, 0) is 109 Å². The number of nitrogens with zero attached hydrogens (tertiary/aromatic N) is 7. The van der Waals surface area contributed by atoms with Crippen molar-refractivity contribution in [3.8, 4) is 23.8 Å². The number of ether oxygens (including phenoxy) is 2. The summed E-state index contributed by atoms with van der Waals surface area (Å²) in [6.07, 6.45) is 17.9. The molecular weight excluding hydrogens is 2360 g/mol. The average Bonchev–Trinajstić information content (AvgIpc) is 1.65. The zero-order chi connectivity index (χ0) is 79.0. The van der Waals surface area contributed by atoms with Crippen LogP contribution in [0.1, 0.15) is 117 Å². The van der Waals surface area contributed by atoms with Crippen molar-refractivity contribution in [1.82, 2.24) is 35.4 Å². The number of pyridine rings is 3. The van der Waals surface area contributed by atoms with Gasteiger partial charge in [0.25, 0.3) is 0 Å². The third kappa shape index (κ3) is 52.5. The minimum atomic E-state index is -1.33. The van der Waals surface area contributed by atoms with Crippen LogP contribution in [0.5, 0.6) is 0 Å². The van der Waals surface area contributed by atoms with Crippen LogP contribution in [0.2, 0.25) is 24.7 Å².